The molecule has 3 heterocycles. The molecule has 5 rings (SSSR count). The van der Waals surface area contributed by atoms with Crippen LogP contribution in [-0.2, 0) is 14.3 Å². The molecule has 1 fully saturated rings. The molecular weight excluding hydrogens is 656 g/mol. The Morgan fingerprint density at radius 3 is 1.96 bits per heavy atom. The summed E-state index contributed by atoms with van der Waals surface area (Å²) in [4.78, 5) is 58.0. The third-order valence-corrected chi connectivity index (χ3v) is 9.40. The lowest BCUT2D eigenvalue weighted by Gasteiger charge is -2.33. The van der Waals surface area contributed by atoms with Gasteiger partial charge < -0.3 is 30.2 Å². The summed E-state index contributed by atoms with van der Waals surface area (Å²) in [5, 5.41) is 5.49. The fourth-order valence-electron chi connectivity index (χ4n) is 6.65. The number of likely N-dealkylation sites (N-methyl/N-ethyl adjacent to an activating group) is 1. The Kier molecular flexibility index (Phi) is 12.2. The standard InChI is InChI=1S/C40H50N8O4/c1-24(2)34(46-40(51)52-8)38(49)43-26(5)36-41-22-31(44-36)29-17-13-27(14-18-29)11-12-28-15-19-30(20-16-28)32-23-42-37(45-32)33-10-9-21-48(33)39(50)35(25(3)4)47(6)7/h13-20,22-26,33-35H,9-10,21H2,1-8H3,(H,41,44)(H,42,45)(H,43,49)(H,46,51)/t26-,33-,34-,35+/m0/s1. The number of amides is 3. The molecule has 0 spiro atoms. The first kappa shape index (κ1) is 37.8. The molecule has 0 saturated carbocycles. The number of nitrogens with zero attached hydrogens (tertiary/aromatic N) is 4. The highest BCUT2D eigenvalue weighted by molar-refractivity contribution is 5.86. The molecule has 1 aliphatic heterocycles. The predicted octanol–water partition coefficient (Wildman–Crippen LogP) is 5.67. The van der Waals surface area contributed by atoms with E-state index < -0.39 is 18.2 Å². The van der Waals surface area contributed by atoms with Crippen LogP contribution in [0.4, 0.5) is 4.79 Å². The van der Waals surface area contributed by atoms with E-state index in [0.717, 1.165) is 58.9 Å². The van der Waals surface area contributed by atoms with Crippen LogP contribution in [-0.4, -0.2) is 87.5 Å². The predicted molar refractivity (Wildman–Crippen MR) is 201 cm³/mol. The molecular formula is C40H50N8O4. The first-order chi connectivity index (χ1) is 24.9. The third-order valence-electron chi connectivity index (χ3n) is 9.40. The number of carbonyl (C=O) groups excluding carboxylic acids is 3. The van der Waals surface area contributed by atoms with E-state index in [-0.39, 0.29) is 35.7 Å². The number of hydrogen-bond donors (Lipinski definition) is 4. The minimum atomic E-state index is -0.737. The number of aromatic nitrogens is 4. The first-order valence-corrected chi connectivity index (χ1v) is 17.8. The molecule has 1 saturated heterocycles. The maximum absolute atomic E-state index is 13.5. The highest BCUT2D eigenvalue weighted by atomic mass is 16.5. The van der Waals surface area contributed by atoms with Crippen LogP contribution in [0, 0.1) is 23.7 Å². The van der Waals surface area contributed by atoms with E-state index in [1.54, 1.807) is 6.20 Å². The number of alkyl carbamates (subject to hydrolysis) is 1. The van der Waals surface area contributed by atoms with E-state index >= 15 is 0 Å². The molecule has 2 aromatic carbocycles. The zero-order valence-corrected chi connectivity index (χ0v) is 31.3. The summed E-state index contributed by atoms with van der Waals surface area (Å²) < 4.78 is 4.65. The van der Waals surface area contributed by atoms with Gasteiger partial charge in [-0.3, -0.25) is 14.5 Å². The van der Waals surface area contributed by atoms with E-state index in [4.69, 9.17) is 4.98 Å². The van der Waals surface area contributed by atoms with Crippen LogP contribution in [0.5, 0.6) is 0 Å². The summed E-state index contributed by atoms with van der Waals surface area (Å²) in [6.07, 6.45) is 4.77. The molecule has 0 radical (unpaired) electrons. The summed E-state index contributed by atoms with van der Waals surface area (Å²) >= 11 is 0. The highest BCUT2D eigenvalue weighted by Gasteiger charge is 2.37. The molecule has 4 aromatic rings. The van der Waals surface area contributed by atoms with Gasteiger partial charge in [-0.15, -0.1) is 0 Å². The average molecular weight is 707 g/mol. The maximum atomic E-state index is 13.5. The summed E-state index contributed by atoms with van der Waals surface area (Å²) in [6, 6.07) is 14.5. The Balaban J connectivity index is 1.19. The van der Waals surface area contributed by atoms with Crippen molar-refractivity contribution in [2.45, 2.75) is 71.6 Å². The van der Waals surface area contributed by atoms with E-state index in [1.807, 2.05) is 99.4 Å². The average Bonchev–Trinajstić information content (AvgIpc) is 3.91. The van der Waals surface area contributed by atoms with E-state index in [1.165, 1.54) is 7.11 Å². The number of methoxy groups -OCH3 is 1. The molecule has 1 aliphatic rings. The van der Waals surface area contributed by atoms with Crippen molar-refractivity contribution in [1.29, 1.82) is 0 Å². The molecule has 12 heteroatoms. The first-order valence-electron chi connectivity index (χ1n) is 17.8. The number of benzene rings is 2. The number of ether oxygens (including phenoxy) is 1. The second kappa shape index (κ2) is 16.7. The van der Waals surface area contributed by atoms with Gasteiger partial charge >= 0.3 is 6.09 Å². The second-order valence-corrected chi connectivity index (χ2v) is 14.2. The fraction of sp³-hybridized carbons (Fsp3) is 0.425. The Morgan fingerprint density at radius 1 is 0.846 bits per heavy atom. The van der Waals surface area contributed by atoms with E-state index in [9.17, 15) is 14.4 Å². The van der Waals surface area contributed by atoms with E-state index in [2.05, 4.69) is 56.0 Å². The third kappa shape index (κ3) is 8.90. The van der Waals surface area contributed by atoms with Gasteiger partial charge in [0, 0.05) is 17.7 Å². The van der Waals surface area contributed by atoms with E-state index in [0.29, 0.717) is 5.82 Å². The van der Waals surface area contributed by atoms with Crippen molar-refractivity contribution >= 4 is 17.9 Å². The summed E-state index contributed by atoms with van der Waals surface area (Å²) in [6.45, 7) is 10.5. The van der Waals surface area contributed by atoms with Crippen LogP contribution < -0.4 is 10.6 Å². The minimum Gasteiger partial charge on any atom is -0.453 e. The van der Waals surface area contributed by atoms with Gasteiger partial charge in [0.2, 0.25) is 11.8 Å². The van der Waals surface area contributed by atoms with Crippen LogP contribution in [0.1, 0.15) is 82.3 Å². The normalized spacial score (nSPS) is 16.0. The molecule has 52 heavy (non-hydrogen) atoms. The van der Waals surface area contributed by atoms with Gasteiger partial charge in [-0.1, -0.05) is 63.8 Å². The molecule has 4 atom stereocenters. The number of aromatic amines is 2. The second-order valence-electron chi connectivity index (χ2n) is 14.2. The maximum Gasteiger partial charge on any atom is 0.407 e. The van der Waals surface area contributed by atoms with Crippen LogP contribution in [0.15, 0.2) is 60.9 Å². The Bertz CT molecular complexity index is 1890. The quantitative estimate of drug-likeness (QED) is 0.147. The van der Waals surface area contributed by atoms with Crippen molar-refractivity contribution in [2.24, 2.45) is 11.8 Å². The number of hydrogen-bond acceptors (Lipinski definition) is 7. The molecule has 274 valence electrons. The fourth-order valence-corrected chi connectivity index (χ4v) is 6.65. The molecule has 4 N–H and O–H groups in total. The molecule has 12 nitrogen and oxygen atoms in total. The lowest BCUT2D eigenvalue weighted by atomic mass is 10.0. The van der Waals surface area contributed by atoms with Crippen molar-refractivity contribution in [3.05, 3.63) is 83.7 Å². The summed E-state index contributed by atoms with van der Waals surface area (Å²) in [5.41, 5.74) is 5.41. The van der Waals surface area contributed by atoms with Crippen molar-refractivity contribution in [3.8, 4) is 34.4 Å². The molecule has 0 unspecified atom stereocenters. The summed E-state index contributed by atoms with van der Waals surface area (Å²) in [7, 11) is 5.19. The van der Waals surface area contributed by atoms with Crippen molar-refractivity contribution in [1.82, 2.24) is 40.4 Å². The molecule has 3 amide bonds. The van der Waals surface area contributed by atoms with Crippen LogP contribution in [0.3, 0.4) is 0 Å². The smallest absolute Gasteiger partial charge is 0.407 e. The zero-order valence-electron chi connectivity index (χ0n) is 31.3. The van der Waals surface area contributed by atoms with Gasteiger partial charge in [0.25, 0.3) is 0 Å². The monoisotopic (exact) mass is 706 g/mol. The topological polar surface area (TPSA) is 148 Å². The largest absolute Gasteiger partial charge is 0.453 e. The molecule has 0 bridgehead atoms. The number of carbonyl (C=O) groups is 3. The Hall–Kier alpha value is -5.41. The molecule has 2 aromatic heterocycles. The highest BCUT2D eigenvalue weighted by Crippen LogP contribution is 2.33. The van der Waals surface area contributed by atoms with Crippen molar-refractivity contribution < 1.29 is 19.1 Å². The van der Waals surface area contributed by atoms with Gasteiger partial charge in [0.05, 0.1) is 49.0 Å². The lowest BCUT2D eigenvalue weighted by Crippen LogP contribution is -2.50. The van der Waals surface area contributed by atoms with Crippen molar-refractivity contribution in [3.63, 3.8) is 0 Å². The Morgan fingerprint density at radius 2 is 1.42 bits per heavy atom. The van der Waals surface area contributed by atoms with Gasteiger partial charge in [0.1, 0.15) is 17.7 Å². The van der Waals surface area contributed by atoms with Crippen LogP contribution >= 0.6 is 0 Å². The number of likely N-dealkylation sites (tertiary alicyclic amines) is 1. The van der Waals surface area contributed by atoms with Crippen molar-refractivity contribution in [2.75, 3.05) is 27.7 Å². The van der Waals surface area contributed by atoms with Crippen LogP contribution in [0.2, 0.25) is 0 Å². The summed E-state index contributed by atoms with van der Waals surface area (Å²) in [5.74, 6) is 7.84. The number of nitrogens with one attached hydrogen (secondary N) is 4. The molecule has 0 aliphatic carbocycles. The number of rotatable bonds is 11. The van der Waals surface area contributed by atoms with Gasteiger partial charge in [-0.25, -0.2) is 14.8 Å². The Labute approximate surface area is 306 Å². The zero-order chi connectivity index (χ0) is 37.5. The van der Waals surface area contributed by atoms with Gasteiger partial charge in [-0.2, -0.15) is 0 Å². The number of imidazole rings is 2. The van der Waals surface area contributed by atoms with Crippen LogP contribution in [0.25, 0.3) is 22.5 Å². The lowest BCUT2D eigenvalue weighted by molar-refractivity contribution is -0.138. The van der Waals surface area contributed by atoms with Gasteiger partial charge in [-0.05, 0) is 81.1 Å². The van der Waals surface area contributed by atoms with Gasteiger partial charge in [0.15, 0.2) is 0 Å². The minimum absolute atomic E-state index is 0.0496. The number of H-pyrrole nitrogens is 2. The SMILES string of the molecule is COC(=O)N[C@H](C(=O)N[C@@H](C)c1ncc(-c2ccc(C#Cc3ccc(-c4cnc([C@@H]5CCCN5C(=O)[C@@H](C(C)C)N(C)C)[nH]4)cc3)cc2)[nH]1)C(C)C.